The van der Waals surface area contributed by atoms with E-state index in [0.717, 1.165) is 22.3 Å². The van der Waals surface area contributed by atoms with Gasteiger partial charge in [0, 0.05) is 12.2 Å². The van der Waals surface area contributed by atoms with E-state index in [1.807, 2.05) is 18.2 Å². The van der Waals surface area contributed by atoms with Gasteiger partial charge in [0.1, 0.15) is 5.82 Å². The van der Waals surface area contributed by atoms with Crippen LogP contribution in [0.4, 0.5) is 10.1 Å². The third-order valence-electron chi connectivity index (χ3n) is 2.83. The fourth-order valence-electron chi connectivity index (χ4n) is 1.85. The van der Waals surface area contributed by atoms with Crippen LogP contribution in [0.2, 0.25) is 0 Å². The lowest BCUT2D eigenvalue weighted by Crippen LogP contribution is -1.99. The summed E-state index contributed by atoms with van der Waals surface area (Å²) in [7, 11) is 0. The van der Waals surface area contributed by atoms with E-state index in [9.17, 15) is 4.39 Å². The Kier molecular flexibility index (Phi) is 2.68. The Bertz CT molecular complexity index is 658. The molecule has 0 bridgehead atoms. The van der Waals surface area contributed by atoms with Gasteiger partial charge in [0.2, 0.25) is 0 Å². The Labute approximate surface area is 104 Å². The van der Waals surface area contributed by atoms with Crippen molar-refractivity contribution in [3.05, 3.63) is 60.2 Å². The summed E-state index contributed by atoms with van der Waals surface area (Å²) in [6.45, 7) is 0.667. The maximum atomic E-state index is 12.8. The summed E-state index contributed by atoms with van der Waals surface area (Å²) in [4.78, 5) is 7.23. The van der Waals surface area contributed by atoms with Crippen molar-refractivity contribution in [1.82, 2.24) is 9.97 Å². The molecular weight excluding hydrogens is 229 g/mol. The van der Waals surface area contributed by atoms with Crippen molar-refractivity contribution in [3.63, 3.8) is 0 Å². The molecule has 4 heteroatoms. The second kappa shape index (κ2) is 4.49. The zero-order valence-electron chi connectivity index (χ0n) is 9.65. The number of nitrogens with one attached hydrogen (secondary N) is 2. The molecule has 3 aromatic rings. The van der Waals surface area contributed by atoms with Gasteiger partial charge in [-0.15, -0.1) is 0 Å². The number of anilines is 1. The number of fused-ring (bicyclic) bond motifs is 1. The van der Waals surface area contributed by atoms with Crippen LogP contribution in [-0.2, 0) is 6.54 Å². The highest BCUT2D eigenvalue weighted by molar-refractivity contribution is 5.78. The average Bonchev–Trinajstić information content (AvgIpc) is 2.85. The third kappa shape index (κ3) is 2.18. The van der Waals surface area contributed by atoms with Gasteiger partial charge in [-0.3, -0.25) is 0 Å². The molecule has 1 aromatic heterocycles. The van der Waals surface area contributed by atoms with Crippen molar-refractivity contribution >= 4 is 16.7 Å². The molecule has 1 heterocycles. The quantitative estimate of drug-likeness (QED) is 0.738. The number of aromatic amines is 1. The number of imidazole rings is 1. The Morgan fingerprint density at radius 3 is 2.78 bits per heavy atom. The number of halogens is 1. The summed E-state index contributed by atoms with van der Waals surface area (Å²) in [6, 6.07) is 12.4. The second-order valence-corrected chi connectivity index (χ2v) is 4.11. The van der Waals surface area contributed by atoms with Crippen molar-refractivity contribution in [3.8, 4) is 0 Å². The molecule has 0 saturated carbocycles. The molecule has 0 saturated heterocycles. The van der Waals surface area contributed by atoms with Gasteiger partial charge in [-0.05, 0) is 35.9 Å². The van der Waals surface area contributed by atoms with Gasteiger partial charge in [0.25, 0.3) is 0 Å². The van der Waals surface area contributed by atoms with Crippen LogP contribution in [0.3, 0.4) is 0 Å². The van der Waals surface area contributed by atoms with Crippen molar-refractivity contribution in [2.45, 2.75) is 6.54 Å². The molecule has 2 N–H and O–H groups in total. The molecule has 0 amide bonds. The predicted molar refractivity (Wildman–Crippen MR) is 69.8 cm³/mol. The normalized spacial score (nSPS) is 10.7. The lowest BCUT2D eigenvalue weighted by molar-refractivity contribution is 0.627. The van der Waals surface area contributed by atoms with E-state index in [1.165, 1.54) is 12.1 Å². The highest BCUT2D eigenvalue weighted by Crippen LogP contribution is 2.16. The molecule has 18 heavy (non-hydrogen) atoms. The summed E-state index contributed by atoms with van der Waals surface area (Å²) in [5.41, 5.74) is 4.00. The summed E-state index contributed by atoms with van der Waals surface area (Å²) in [5, 5.41) is 3.29. The lowest BCUT2D eigenvalue weighted by Gasteiger charge is -2.06. The van der Waals surface area contributed by atoms with Crippen LogP contribution in [-0.4, -0.2) is 9.97 Å². The van der Waals surface area contributed by atoms with E-state index in [4.69, 9.17) is 0 Å². The SMILES string of the molecule is Fc1ccc(CNc2ccc3nc[nH]c3c2)cc1. The van der Waals surface area contributed by atoms with Gasteiger partial charge in [-0.25, -0.2) is 9.37 Å². The van der Waals surface area contributed by atoms with Crippen LogP contribution >= 0.6 is 0 Å². The Balaban J connectivity index is 1.74. The van der Waals surface area contributed by atoms with Crippen molar-refractivity contribution < 1.29 is 4.39 Å². The number of rotatable bonds is 3. The molecule has 0 spiro atoms. The van der Waals surface area contributed by atoms with E-state index in [2.05, 4.69) is 15.3 Å². The molecule has 0 aliphatic carbocycles. The number of H-pyrrole nitrogens is 1. The van der Waals surface area contributed by atoms with Crippen molar-refractivity contribution in [2.24, 2.45) is 0 Å². The zero-order chi connectivity index (χ0) is 12.4. The molecule has 0 atom stereocenters. The highest BCUT2D eigenvalue weighted by Gasteiger charge is 1.98. The van der Waals surface area contributed by atoms with Crippen LogP contribution in [0.1, 0.15) is 5.56 Å². The van der Waals surface area contributed by atoms with Crippen molar-refractivity contribution in [2.75, 3.05) is 5.32 Å². The predicted octanol–water partition coefficient (Wildman–Crippen LogP) is 3.31. The molecule has 0 unspecified atom stereocenters. The van der Waals surface area contributed by atoms with Crippen LogP contribution in [0.15, 0.2) is 48.8 Å². The third-order valence-corrected chi connectivity index (χ3v) is 2.83. The van der Waals surface area contributed by atoms with Gasteiger partial charge in [-0.1, -0.05) is 12.1 Å². The zero-order valence-corrected chi connectivity index (χ0v) is 9.65. The van der Waals surface area contributed by atoms with E-state index >= 15 is 0 Å². The van der Waals surface area contributed by atoms with E-state index in [1.54, 1.807) is 18.5 Å². The number of nitrogens with zero attached hydrogens (tertiary/aromatic N) is 1. The fraction of sp³-hybridized carbons (Fsp3) is 0.0714. The summed E-state index contributed by atoms with van der Waals surface area (Å²) < 4.78 is 12.8. The minimum Gasteiger partial charge on any atom is -0.381 e. The van der Waals surface area contributed by atoms with Crippen LogP contribution in [0, 0.1) is 5.82 Å². The fourth-order valence-corrected chi connectivity index (χ4v) is 1.85. The van der Waals surface area contributed by atoms with E-state index < -0.39 is 0 Å². The first-order valence-corrected chi connectivity index (χ1v) is 5.73. The van der Waals surface area contributed by atoms with Gasteiger partial charge < -0.3 is 10.3 Å². The summed E-state index contributed by atoms with van der Waals surface area (Å²) in [5.74, 6) is -0.211. The van der Waals surface area contributed by atoms with E-state index in [-0.39, 0.29) is 5.82 Å². The van der Waals surface area contributed by atoms with Gasteiger partial charge in [0.05, 0.1) is 17.4 Å². The Morgan fingerprint density at radius 2 is 1.94 bits per heavy atom. The molecule has 90 valence electrons. The number of aromatic nitrogens is 2. The second-order valence-electron chi connectivity index (χ2n) is 4.11. The minimum absolute atomic E-state index is 0.211. The van der Waals surface area contributed by atoms with Crippen molar-refractivity contribution in [1.29, 1.82) is 0 Å². The van der Waals surface area contributed by atoms with Gasteiger partial charge in [-0.2, -0.15) is 0 Å². The number of benzene rings is 2. The monoisotopic (exact) mass is 241 g/mol. The first kappa shape index (κ1) is 10.8. The molecule has 2 aromatic carbocycles. The first-order chi connectivity index (χ1) is 8.81. The highest BCUT2D eigenvalue weighted by atomic mass is 19.1. The van der Waals surface area contributed by atoms with Gasteiger partial charge in [0.15, 0.2) is 0 Å². The van der Waals surface area contributed by atoms with E-state index in [0.29, 0.717) is 6.54 Å². The maximum Gasteiger partial charge on any atom is 0.123 e. The molecule has 0 radical (unpaired) electrons. The summed E-state index contributed by atoms with van der Waals surface area (Å²) >= 11 is 0. The molecule has 0 aliphatic rings. The smallest absolute Gasteiger partial charge is 0.123 e. The Hall–Kier alpha value is -2.36. The Morgan fingerprint density at radius 1 is 1.11 bits per heavy atom. The van der Waals surface area contributed by atoms with Crippen LogP contribution in [0.5, 0.6) is 0 Å². The maximum absolute atomic E-state index is 12.8. The minimum atomic E-state index is -0.211. The number of hydrogen-bond donors (Lipinski definition) is 2. The molecule has 0 aliphatic heterocycles. The molecule has 3 rings (SSSR count). The molecule has 0 fully saturated rings. The van der Waals surface area contributed by atoms with Gasteiger partial charge >= 0.3 is 0 Å². The average molecular weight is 241 g/mol. The summed E-state index contributed by atoms with van der Waals surface area (Å²) in [6.07, 6.45) is 1.68. The largest absolute Gasteiger partial charge is 0.381 e. The molecule has 3 nitrogen and oxygen atoms in total. The standard InChI is InChI=1S/C14H12FN3/c15-11-3-1-10(2-4-11)8-16-12-5-6-13-14(7-12)18-9-17-13/h1-7,9,16H,8H2,(H,17,18). The first-order valence-electron chi connectivity index (χ1n) is 5.73. The van der Waals surface area contributed by atoms with Crippen LogP contribution in [0.25, 0.3) is 11.0 Å². The van der Waals surface area contributed by atoms with Crippen LogP contribution < -0.4 is 5.32 Å². The number of hydrogen-bond acceptors (Lipinski definition) is 2. The molecular formula is C14H12FN3. The topological polar surface area (TPSA) is 40.7 Å². The lowest BCUT2D eigenvalue weighted by atomic mass is 10.2.